The Labute approximate surface area is 150 Å². The third-order valence-electron chi connectivity index (χ3n) is 4.17. The molecule has 0 aliphatic carbocycles. The molecular formula is C21H16FN3O. The van der Waals surface area contributed by atoms with Crippen LogP contribution in [0, 0.1) is 5.82 Å². The predicted molar refractivity (Wildman–Crippen MR) is 98.7 cm³/mol. The van der Waals surface area contributed by atoms with Crippen LogP contribution in [0.5, 0.6) is 5.75 Å². The van der Waals surface area contributed by atoms with E-state index in [-0.39, 0.29) is 5.82 Å². The zero-order valence-corrected chi connectivity index (χ0v) is 14.1. The molecule has 0 aliphatic heterocycles. The summed E-state index contributed by atoms with van der Waals surface area (Å²) in [6, 6.07) is 22.0. The molecule has 4 nitrogen and oxygen atoms in total. The summed E-state index contributed by atoms with van der Waals surface area (Å²) in [4.78, 5) is 0. The van der Waals surface area contributed by atoms with Crippen molar-refractivity contribution >= 4 is 0 Å². The molecule has 3 aromatic carbocycles. The van der Waals surface area contributed by atoms with Crippen LogP contribution in [-0.4, -0.2) is 22.1 Å². The molecule has 0 radical (unpaired) electrons. The molecule has 0 atom stereocenters. The smallest absolute Gasteiger partial charge is 0.126 e. The van der Waals surface area contributed by atoms with Crippen molar-refractivity contribution in [2.75, 3.05) is 7.11 Å². The Balaban J connectivity index is 1.65. The number of hydrogen-bond donors (Lipinski definition) is 0. The highest BCUT2D eigenvalue weighted by molar-refractivity contribution is 5.71. The van der Waals surface area contributed by atoms with Gasteiger partial charge in [0.1, 0.15) is 17.3 Å². The molecule has 4 rings (SSSR count). The fraction of sp³-hybridized carbons (Fsp3) is 0.0476. The van der Waals surface area contributed by atoms with Crippen molar-refractivity contribution in [2.45, 2.75) is 0 Å². The van der Waals surface area contributed by atoms with Gasteiger partial charge in [-0.05, 0) is 35.9 Å². The van der Waals surface area contributed by atoms with Gasteiger partial charge in [-0.1, -0.05) is 47.7 Å². The monoisotopic (exact) mass is 345 g/mol. The number of rotatable bonds is 4. The normalized spacial score (nSPS) is 10.7. The van der Waals surface area contributed by atoms with Crippen molar-refractivity contribution in [3.63, 3.8) is 0 Å². The van der Waals surface area contributed by atoms with Crippen molar-refractivity contribution in [1.82, 2.24) is 15.0 Å². The van der Waals surface area contributed by atoms with Gasteiger partial charge in [0.25, 0.3) is 0 Å². The second-order valence-corrected chi connectivity index (χ2v) is 5.81. The molecule has 0 spiro atoms. The summed E-state index contributed by atoms with van der Waals surface area (Å²) >= 11 is 0. The quantitative estimate of drug-likeness (QED) is 0.536. The molecule has 0 fully saturated rings. The molecule has 0 bridgehead atoms. The highest BCUT2D eigenvalue weighted by Crippen LogP contribution is 2.31. The molecule has 0 unspecified atom stereocenters. The minimum atomic E-state index is -0.298. The first kappa shape index (κ1) is 16.0. The van der Waals surface area contributed by atoms with Gasteiger partial charge in [0.2, 0.25) is 0 Å². The van der Waals surface area contributed by atoms with Gasteiger partial charge in [-0.3, -0.25) is 0 Å². The Kier molecular flexibility index (Phi) is 4.19. The summed E-state index contributed by atoms with van der Waals surface area (Å²) in [6.45, 7) is 0. The van der Waals surface area contributed by atoms with Gasteiger partial charge in [-0.15, -0.1) is 5.10 Å². The zero-order valence-electron chi connectivity index (χ0n) is 14.1. The summed E-state index contributed by atoms with van der Waals surface area (Å²) in [6.07, 6.45) is 1.88. The topological polar surface area (TPSA) is 39.9 Å². The van der Waals surface area contributed by atoms with Crippen LogP contribution in [0.15, 0.2) is 79.0 Å². The van der Waals surface area contributed by atoms with E-state index in [0.717, 1.165) is 22.5 Å². The summed E-state index contributed by atoms with van der Waals surface area (Å²) in [5, 5.41) is 8.42. The lowest BCUT2D eigenvalue weighted by Crippen LogP contribution is -1.95. The summed E-state index contributed by atoms with van der Waals surface area (Å²) < 4.78 is 20.6. The van der Waals surface area contributed by atoms with E-state index in [1.165, 1.54) is 12.1 Å². The maximum absolute atomic E-state index is 13.6. The Morgan fingerprint density at radius 3 is 2.38 bits per heavy atom. The predicted octanol–water partition coefficient (Wildman–Crippen LogP) is 4.75. The van der Waals surface area contributed by atoms with Crippen LogP contribution in [0.25, 0.3) is 28.1 Å². The van der Waals surface area contributed by atoms with Crippen molar-refractivity contribution in [2.24, 2.45) is 0 Å². The number of aromatic nitrogens is 3. The van der Waals surface area contributed by atoms with Crippen molar-refractivity contribution in [3.05, 3.63) is 84.8 Å². The summed E-state index contributed by atoms with van der Waals surface area (Å²) in [5.41, 5.74) is 4.27. The van der Waals surface area contributed by atoms with Gasteiger partial charge in [-0.25, -0.2) is 9.07 Å². The van der Waals surface area contributed by atoms with E-state index in [1.807, 2.05) is 60.8 Å². The summed E-state index contributed by atoms with van der Waals surface area (Å²) in [5.74, 6) is 0.333. The van der Waals surface area contributed by atoms with Gasteiger partial charge in [-0.2, -0.15) is 0 Å². The van der Waals surface area contributed by atoms with Gasteiger partial charge >= 0.3 is 0 Å². The first-order chi connectivity index (χ1) is 12.7. The van der Waals surface area contributed by atoms with Crippen LogP contribution in [0.4, 0.5) is 4.39 Å². The molecular weight excluding hydrogens is 329 g/mol. The molecule has 0 saturated carbocycles. The van der Waals surface area contributed by atoms with Crippen LogP contribution in [-0.2, 0) is 0 Å². The number of benzene rings is 3. The SMILES string of the molecule is COc1ccc(F)cc1-c1ccc(-n2cc(-c3ccccc3)nn2)cc1. The second kappa shape index (κ2) is 6.80. The molecule has 26 heavy (non-hydrogen) atoms. The minimum absolute atomic E-state index is 0.298. The standard InChI is InChI=1S/C21H16FN3O/c1-26-21-12-9-17(22)13-19(21)15-7-10-18(11-8-15)25-14-20(23-24-25)16-5-3-2-4-6-16/h2-14H,1H3. The van der Waals surface area contributed by atoms with Crippen LogP contribution in [0.3, 0.4) is 0 Å². The van der Waals surface area contributed by atoms with Gasteiger partial charge in [0, 0.05) is 11.1 Å². The first-order valence-corrected chi connectivity index (χ1v) is 8.17. The van der Waals surface area contributed by atoms with Crippen LogP contribution in [0.2, 0.25) is 0 Å². The molecule has 0 amide bonds. The number of hydrogen-bond acceptors (Lipinski definition) is 3. The van der Waals surface area contributed by atoms with E-state index >= 15 is 0 Å². The first-order valence-electron chi connectivity index (χ1n) is 8.17. The Bertz CT molecular complexity index is 1030. The largest absolute Gasteiger partial charge is 0.496 e. The van der Waals surface area contributed by atoms with Crippen molar-refractivity contribution in [1.29, 1.82) is 0 Å². The molecule has 4 aromatic rings. The molecule has 0 aliphatic rings. The van der Waals surface area contributed by atoms with Gasteiger partial charge in [0.15, 0.2) is 0 Å². The second-order valence-electron chi connectivity index (χ2n) is 5.81. The zero-order chi connectivity index (χ0) is 17.9. The van der Waals surface area contributed by atoms with E-state index in [2.05, 4.69) is 10.3 Å². The number of ether oxygens (including phenoxy) is 1. The molecule has 0 saturated heterocycles. The number of methoxy groups -OCH3 is 1. The Morgan fingerprint density at radius 1 is 0.885 bits per heavy atom. The lowest BCUT2D eigenvalue weighted by molar-refractivity contribution is 0.415. The Hall–Kier alpha value is -3.47. The number of halogens is 1. The van der Waals surface area contributed by atoms with E-state index in [1.54, 1.807) is 17.9 Å². The van der Waals surface area contributed by atoms with Crippen LogP contribution >= 0.6 is 0 Å². The van der Waals surface area contributed by atoms with E-state index in [9.17, 15) is 4.39 Å². The summed E-state index contributed by atoms with van der Waals surface area (Å²) in [7, 11) is 1.58. The van der Waals surface area contributed by atoms with E-state index in [4.69, 9.17) is 4.74 Å². The van der Waals surface area contributed by atoms with Crippen molar-refractivity contribution < 1.29 is 9.13 Å². The van der Waals surface area contributed by atoms with Crippen molar-refractivity contribution in [3.8, 4) is 33.8 Å². The molecule has 1 heterocycles. The molecule has 5 heteroatoms. The van der Waals surface area contributed by atoms with Gasteiger partial charge < -0.3 is 4.74 Å². The fourth-order valence-electron chi connectivity index (χ4n) is 2.83. The lowest BCUT2D eigenvalue weighted by atomic mass is 10.0. The van der Waals surface area contributed by atoms with E-state index in [0.29, 0.717) is 11.3 Å². The average Bonchev–Trinajstić information content (AvgIpc) is 3.19. The molecule has 128 valence electrons. The third-order valence-corrected chi connectivity index (χ3v) is 4.17. The van der Waals surface area contributed by atoms with Gasteiger partial charge in [0.05, 0.1) is 19.0 Å². The van der Waals surface area contributed by atoms with Crippen LogP contribution < -0.4 is 4.74 Å². The fourth-order valence-corrected chi connectivity index (χ4v) is 2.83. The highest BCUT2D eigenvalue weighted by Gasteiger charge is 2.09. The minimum Gasteiger partial charge on any atom is -0.496 e. The van der Waals surface area contributed by atoms with Crippen LogP contribution in [0.1, 0.15) is 0 Å². The highest BCUT2D eigenvalue weighted by atomic mass is 19.1. The molecule has 1 aromatic heterocycles. The Morgan fingerprint density at radius 2 is 1.65 bits per heavy atom. The lowest BCUT2D eigenvalue weighted by Gasteiger charge is -2.09. The maximum Gasteiger partial charge on any atom is 0.126 e. The average molecular weight is 345 g/mol. The number of nitrogens with zero attached hydrogens (tertiary/aromatic N) is 3. The maximum atomic E-state index is 13.6. The van der Waals surface area contributed by atoms with E-state index < -0.39 is 0 Å². The molecule has 0 N–H and O–H groups in total. The third kappa shape index (κ3) is 3.07.